The van der Waals surface area contributed by atoms with Crippen molar-refractivity contribution in [3.63, 3.8) is 0 Å². The summed E-state index contributed by atoms with van der Waals surface area (Å²) in [5, 5.41) is 4.93. The van der Waals surface area contributed by atoms with Crippen LogP contribution in [0.3, 0.4) is 0 Å². The van der Waals surface area contributed by atoms with Crippen molar-refractivity contribution < 1.29 is 0 Å². The number of hydrogen-bond acceptors (Lipinski definition) is 1. The molecule has 0 aliphatic heterocycles. The van der Waals surface area contributed by atoms with Gasteiger partial charge in [0.1, 0.15) is 0 Å². The minimum absolute atomic E-state index is 0.310. The van der Waals surface area contributed by atoms with Crippen LogP contribution in [0.1, 0.15) is 25.0 Å². The summed E-state index contributed by atoms with van der Waals surface area (Å²) in [7, 11) is 0. The lowest BCUT2D eigenvalue weighted by atomic mass is 9.81. The second kappa shape index (κ2) is 17.9. The van der Waals surface area contributed by atoms with Crippen molar-refractivity contribution in [1.82, 2.24) is 4.57 Å². The van der Waals surface area contributed by atoms with E-state index >= 15 is 0 Å². The molecule has 0 amide bonds. The summed E-state index contributed by atoms with van der Waals surface area (Å²) in [5.41, 5.74) is 23.4. The van der Waals surface area contributed by atoms with E-state index in [1.165, 1.54) is 82.6 Å². The first-order chi connectivity index (χ1) is 37.0. The molecule has 1 aliphatic rings. The third-order valence-electron chi connectivity index (χ3n) is 15.8. The molecule has 0 fully saturated rings. The predicted octanol–water partition coefficient (Wildman–Crippen LogP) is 20.0. The fourth-order valence-electron chi connectivity index (χ4n) is 12.4. The van der Waals surface area contributed by atoms with E-state index in [-0.39, 0.29) is 5.41 Å². The zero-order valence-electron chi connectivity index (χ0n) is 42.0. The lowest BCUT2D eigenvalue weighted by Crippen LogP contribution is -2.21. The molecule has 0 radical (unpaired) electrons. The Bertz CT molecular complexity index is 4260. The van der Waals surface area contributed by atoms with Crippen molar-refractivity contribution >= 4 is 49.6 Å². The van der Waals surface area contributed by atoms with Crippen LogP contribution < -0.4 is 4.90 Å². The van der Waals surface area contributed by atoms with Crippen molar-refractivity contribution in [2.24, 2.45) is 0 Å². The summed E-state index contributed by atoms with van der Waals surface area (Å²) >= 11 is 0. The maximum atomic E-state index is 2.60. The van der Waals surface area contributed by atoms with E-state index in [1.807, 2.05) is 0 Å². The van der Waals surface area contributed by atoms with Gasteiger partial charge in [0.25, 0.3) is 0 Å². The Morgan fingerprint density at radius 2 is 0.800 bits per heavy atom. The molecule has 0 spiro atoms. The zero-order chi connectivity index (χ0) is 50.0. The van der Waals surface area contributed by atoms with Gasteiger partial charge in [0, 0.05) is 33.0 Å². The molecule has 12 aromatic carbocycles. The second-order valence-corrected chi connectivity index (χ2v) is 20.4. The van der Waals surface area contributed by atoms with Crippen LogP contribution >= 0.6 is 0 Å². The number of hydrogen-bond donors (Lipinski definition) is 0. The molecule has 1 aromatic heterocycles. The minimum Gasteiger partial charge on any atom is -0.309 e. The maximum absolute atomic E-state index is 2.60. The smallest absolute Gasteiger partial charge is 0.0541 e. The molecule has 13 aromatic rings. The number of nitrogens with zero attached hydrogens (tertiary/aromatic N) is 2. The Morgan fingerprint density at radius 1 is 0.307 bits per heavy atom. The molecule has 14 rings (SSSR count). The second-order valence-electron chi connectivity index (χ2n) is 20.4. The van der Waals surface area contributed by atoms with Crippen LogP contribution in [0.25, 0.3) is 105 Å². The van der Waals surface area contributed by atoms with Gasteiger partial charge in [0.2, 0.25) is 0 Å². The van der Waals surface area contributed by atoms with E-state index < -0.39 is 0 Å². The van der Waals surface area contributed by atoms with Crippen molar-refractivity contribution in [3.05, 3.63) is 290 Å². The highest BCUT2D eigenvalue weighted by Gasteiger charge is 2.39. The number of aromatic nitrogens is 1. The first-order valence-electron chi connectivity index (χ1n) is 26.1. The first-order valence-corrected chi connectivity index (χ1v) is 26.1. The van der Waals surface area contributed by atoms with Crippen LogP contribution in [0.5, 0.6) is 0 Å². The van der Waals surface area contributed by atoms with Crippen molar-refractivity contribution in [2.75, 3.05) is 4.90 Å². The fourth-order valence-corrected chi connectivity index (χ4v) is 12.4. The highest BCUT2D eigenvalue weighted by atomic mass is 15.2. The Kier molecular flexibility index (Phi) is 10.6. The molecule has 0 unspecified atom stereocenters. The van der Waals surface area contributed by atoms with Gasteiger partial charge in [-0.05, 0) is 126 Å². The van der Waals surface area contributed by atoms with Crippen molar-refractivity contribution in [2.45, 2.75) is 19.3 Å². The van der Waals surface area contributed by atoms with Gasteiger partial charge in [-0.1, -0.05) is 244 Å². The van der Waals surface area contributed by atoms with Gasteiger partial charge >= 0.3 is 0 Å². The van der Waals surface area contributed by atoms with E-state index in [4.69, 9.17) is 0 Å². The van der Waals surface area contributed by atoms with Gasteiger partial charge in [-0.15, -0.1) is 0 Å². The predicted molar refractivity (Wildman–Crippen MR) is 318 cm³/mol. The van der Waals surface area contributed by atoms with Gasteiger partial charge in [0.15, 0.2) is 0 Å². The summed E-state index contributed by atoms with van der Waals surface area (Å²) in [4.78, 5) is 2.60. The molecule has 0 saturated carbocycles. The molecule has 1 heterocycles. The van der Waals surface area contributed by atoms with Gasteiger partial charge < -0.3 is 9.47 Å². The Hall–Kier alpha value is -9.50. The zero-order valence-corrected chi connectivity index (χ0v) is 42.0. The Labute approximate surface area is 438 Å². The molecule has 354 valence electrons. The van der Waals surface area contributed by atoms with Crippen molar-refractivity contribution in [3.8, 4) is 72.4 Å². The van der Waals surface area contributed by atoms with Crippen LogP contribution in [0.15, 0.2) is 279 Å². The quantitative estimate of drug-likeness (QED) is 0.140. The minimum atomic E-state index is -0.310. The molecule has 0 bridgehead atoms. The lowest BCUT2D eigenvalue weighted by molar-refractivity contribution is 0.661. The largest absolute Gasteiger partial charge is 0.309 e. The van der Waals surface area contributed by atoms with Gasteiger partial charge in [-0.2, -0.15) is 0 Å². The molecular weight excluding hydrogens is 905 g/mol. The van der Waals surface area contributed by atoms with Crippen LogP contribution in [-0.2, 0) is 5.41 Å². The van der Waals surface area contributed by atoms with E-state index in [2.05, 4.69) is 302 Å². The molecule has 0 atom stereocenters. The van der Waals surface area contributed by atoms with Gasteiger partial charge in [-0.3, -0.25) is 0 Å². The monoisotopic (exact) mass is 956 g/mol. The van der Waals surface area contributed by atoms with E-state index in [0.717, 1.165) is 50.6 Å². The summed E-state index contributed by atoms with van der Waals surface area (Å²) in [6.45, 7) is 4.81. The third kappa shape index (κ3) is 7.24. The highest BCUT2D eigenvalue weighted by molar-refractivity contribution is 6.11. The van der Waals surface area contributed by atoms with Gasteiger partial charge in [-0.25, -0.2) is 0 Å². The third-order valence-corrected chi connectivity index (χ3v) is 15.8. The molecule has 1 aliphatic carbocycles. The summed E-state index contributed by atoms with van der Waals surface area (Å²) in [6.07, 6.45) is 0. The van der Waals surface area contributed by atoms with Crippen LogP contribution in [0.4, 0.5) is 17.1 Å². The molecule has 75 heavy (non-hydrogen) atoms. The van der Waals surface area contributed by atoms with Crippen LogP contribution in [0, 0.1) is 0 Å². The first kappa shape index (κ1) is 44.2. The number of benzene rings is 12. The van der Waals surface area contributed by atoms with Gasteiger partial charge in [0.05, 0.1) is 28.1 Å². The van der Waals surface area contributed by atoms with E-state index in [1.54, 1.807) is 0 Å². The molecular formula is C73H52N2. The summed E-state index contributed by atoms with van der Waals surface area (Å²) in [5.74, 6) is 0. The average molecular weight is 957 g/mol. The molecule has 0 saturated heterocycles. The lowest BCUT2D eigenvalue weighted by Gasteiger charge is -2.35. The average Bonchev–Trinajstić information content (AvgIpc) is 3.99. The standard InChI is InChI=1S/C73H52N2/c1-73(2)65-39-17-14-33-58(65)62-38-22-42-70(72(62)73)75(68-46-44-54(48-63(68)51-27-10-5-11-28-51)74-66-40-18-15-34-59(66)60-35-16-19-41-67(60)74)69-45-43-53(49-23-6-3-7-24-49)47-64(69)57-32-13-12-31-56(57)61-37-21-30-52-29-20-36-55(71(52)61)50-25-8-4-9-26-50/h3-48H,1-2H3. The number of fused-ring (bicyclic) bond motifs is 7. The van der Waals surface area contributed by atoms with E-state index in [9.17, 15) is 0 Å². The Morgan fingerprint density at radius 3 is 1.48 bits per heavy atom. The SMILES string of the molecule is CC1(C)c2ccccc2-c2cccc(N(c3ccc(-n4c5ccccc5c5ccccc54)cc3-c3ccccc3)c3ccc(-c4ccccc4)cc3-c3ccccc3-c3cccc4cccc(-c5ccccc5)c34)c21. The molecule has 2 heteroatoms. The van der Waals surface area contributed by atoms with Crippen LogP contribution in [0.2, 0.25) is 0 Å². The number of anilines is 3. The summed E-state index contributed by atoms with van der Waals surface area (Å²) in [6, 6.07) is 103. The Balaban J connectivity index is 1.09. The topological polar surface area (TPSA) is 8.17 Å². The van der Waals surface area contributed by atoms with E-state index in [0.29, 0.717) is 0 Å². The highest BCUT2D eigenvalue weighted by Crippen LogP contribution is 2.57. The van der Waals surface area contributed by atoms with Crippen molar-refractivity contribution in [1.29, 1.82) is 0 Å². The number of para-hydroxylation sites is 2. The van der Waals surface area contributed by atoms with Crippen LogP contribution in [-0.4, -0.2) is 4.57 Å². The number of rotatable bonds is 9. The maximum Gasteiger partial charge on any atom is 0.0541 e. The summed E-state index contributed by atoms with van der Waals surface area (Å²) < 4.78 is 2.44. The fraction of sp³-hybridized carbons (Fsp3) is 0.0411. The molecule has 2 nitrogen and oxygen atoms in total. The normalized spacial score (nSPS) is 12.5. The molecule has 0 N–H and O–H groups in total.